The molecule has 118 valence electrons. The fourth-order valence-corrected chi connectivity index (χ4v) is 3.61. The van der Waals surface area contributed by atoms with Gasteiger partial charge in [0.1, 0.15) is 11.2 Å². The molecule has 0 spiro atoms. The molecular formula is C14H19N5O2S. The van der Waals surface area contributed by atoms with E-state index in [1.165, 1.54) is 22.3 Å². The molecule has 0 unspecified atom stereocenters. The van der Waals surface area contributed by atoms with Crippen LogP contribution in [0.2, 0.25) is 0 Å². The summed E-state index contributed by atoms with van der Waals surface area (Å²) in [5, 5.41) is 26.3. The number of hydrogen-bond acceptors (Lipinski definition) is 6. The maximum absolute atomic E-state index is 12.4. The number of nitrogens with zero attached hydrogens (tertiary/aromatic N) is 4. The topological polar surface area (TPSA) is 92.9 Å². The fraction of sp³-hybridized carbons (Fsp3) is 0.571. The van der Waals surface area contributed by atoms with Crippen molar-refractivity contribution >= 4 is 17.2 Å². The summed E-state index contributed by atoms with van der Waals surface area (Å²) >= 11 is 1.34. The minimum Gasteiger partial charge on any atom is -0.388 e. The third-order valence-corrected chi connectivity index (χ3v) is 4.96. The van der Waals surface area contributed by atoms with Crippen molar-refractivity contribution in [3.63, 3.8) is 0 Å². The van der Waals surface area contributed by atoms with Crippen molar-refractivity contribution < 1.29 is 9.90 Å². The molecular weight excluding hydrogens is 302 g/mol. The first-order valence-corrected chi connectivity index (χ1v) is 8.37. The van der Waals surface area contributed by atoms with E-state index < -0.39 is 5.60 Å². The number of thiophene rings is 1. The van der Waals surface area contributed by atoms with E-state index in [0.717, 1.165) is 38.5 Å². The number of hydrogen-bond donors (Lipinski definition) is 2. The highest BCUT2D eigenvalue weighted by atomic mass is 32.1. The Labute approximate surface area is 132 Å². The number of carbonyl (C=O) groups excluding carboxylic acids is 1. The number of aliphatic hydroxyl groups is 1. The summed E-state index contributed by atoms with van der Waals surface area (Å²) in [7, 11) is 0. The van der Waals surface area contributed by atoms with Gasteiger partial charge >= 0.3 is 0 Å². The van der Waals surface area contributed by atoms with Crippen molar-refractivity contribution in [3.05, 3.63) is 22.7 Å². The highest BCUT2D eigenvalue weighted by Gasteiger charge is 2.29. The van der Waals surface area contributed by atoms with Gasteiger partial charge in [0.25, 0.3) is 5.91 Å². The van der Waals surface area contributed by atoms with Gasteiger partial charge in [-0.05, 0) is 34.7 Å². The molecule has 2 N–H and O–H groups in total. The molecule has 1 aliphatic rings. The van der Waals surface area contributed by atoms with Gasteiger partial charge in [-0.15, -0.1) is 16.4 Å². The van der Waals surface area contributed by atoms with Crippen molar-refractivity contribution in [1.82, 2.24) is 25.5 Å². The Balaban J connectivity index is 1.66. The van der Waals surface area contributed by atoms with Crippen molar-refractivity contribution in [2.24, 2.45) is 0 Å². The SMILES string of the molecule is O=C(NCC1(O)CCCCCC1)c1sccc1-n1cnnn1. The van der Waals surface area contributed by atoms with E-state index in [4.69, 9.17) is 0 Å². The Bertz CT molecular complexity index is 617. The van der Waals surface area contributed by atoms with Crippen LogP contribution in [0.4, 0.5) is 0 Å². The molecule has 0 saturated heterocycles. The summed E-state index contributed by atoms with van der Waals surface area (Å²) in [6, 6.07) is 1.80. The van der Waals surface area contributed by atoms with Gasteiger partial charge in [-0.3, -0.25) is 4.79 Å². The van der Waals surface area contributed by atoms with E-state index in [2.05, 4.69) is 20.8 Å². The lowest BCUT2D eigenvalue weighted by Gasteiger charge is -2.26. The number of aromatic nitrogens is 4. The normalized spacial score (nSPS) is 17.9. The first kappa shape index (κ1) is 15.1. The van der Waals surface area contributed by atoms with Crippen molar-refractivity contribution in [1.29, 1.82) is 0 Å². The van der Waals surface area contributed by atoms with Crippen molar-refractivity contribution in [3.8, 4) is 5.69 Å². The molecule has 1 saturated carbocycles. The number of nitrogens with one attached hydrogen (secondary N) is 1. The quantitative estimate of drug-likeness (QED) is 0.833. The van der Waals surface area contributed by atoms with Gasteiger partial charge in [0, 0.05) is 6.54 Å². The third-order valence-electron chi connectivity index (χ3n) is 4.06. The van der Waals surface area contributed by atoms with Crippen LogP contribution < -0.4 is 5.32 Å². The van der Waals surface area contributed by atoms with E-state index in [1.807, 2.05) is 5.38 Å². The molecule has 0 radical (unpaired) electrons. The zero-order chi connectivity index (χ0) is 15.4. The maximum atomic E-state index is 12.4. The van der Waals surface area contributed by atoms with E-state index in [0.29, 0.717) is 17.1 Å². The van der Waals surface area contributed by atoms with Gasteiger partial charge in [0.2, 0.25) is 0 Å². The Morgan fingerprint density at radius 3 is 2.82 bits per heavy atom. The maximum Gasteiger partial charge on any atom is 0.263 e. The Morgan fingerprint density at radius 2 is 2.14 bits per heavy atom. The summed E-state index contributed by atoms with van der Waals surface area (Å²) in [5.41, 5.74) is -0.126. The minimum atomic E-state index is -0.779. The lowest BCUT2D eigenvalue weighted by molar-refractivity contribution is 0.0247. The largest absolute Gasteiger partial charge is 0.388 e. The number of rotatable bonds is 4. The molecule has 0 aliphatic heterocycles. The monoisotopic (exact) mass is 321 g/mol. The number of amides is 1. The van der Waals surface area contributed by atoms with Gasteiger partial charge < -0.3 is 10.4 Å². The zero-order valence-corrected chi connectivity index (χ0v) is 13.1. The molecule has 7 nitrogen and oxygen atoms in total. The van der Waals surface area contributed by atoms with Gasteiger partial charge in [0.05, 0.1) is 11.3 Å². The van der Waals surface area contributed by atoms with Crippen LogP contribution in [-0.4, -0.2) is 43.4 Å². The molecule has 3 rings (SSSR count). The summed E-state index contributed by atoms with van der Waals surface area (Å²) in [6.07, 6.45) is 7.30. The highest BCUT2D eigenvalue weighted by Crippen LogP contribution is 2.27. The third kappa shape index (κ3) is 3.33. The second-order valence-corrected chi connectivity index (χ2v) is 6.63. The van der Waals surface area contributed by atoms with Gasteiger partial charge in [-0.1, -0.05) is 25.7 Å². The molecule has 0 aromatic carbocycles. The highest BCUT2D eigenvalue weighted by molar-refractivity contribution is 7.12. The van der Waals surface area contributed by atoms with Crippen LogP contribution in [-0.2, 0) is 0 Å². The lowest BCUT2D eigenvalue weighted by atomic mass is 9.94. The van der Waals surface area contributed by atoms with Crippen LogP contribution in [0.25, 0.3) is 5.69 Å². The number of tetrazole rings is 1. The van der Waals surface area contributed by atoms with Crippen molar-refractivity contribution in [2.45, 2.75) is 44.1 Å². The van der Waals surface area contributed by atoms with E-state index in [9.17, 15) is 9.90 Å². The predicted octanol–water partition coefficient (Wildman–Crippen LogP) is 1.54. The first-order valence-electron chi connectivity index (χ1n) is 7.49. The smallest absolute Gasteiger partial charge is 0.263 e. The summed E-state index contributed by atoms with van der Waals surface area (Å²) in [5.74, 6) is -0.196. The lowest BCUT2D eigenvalue weighted by Crippen LogP contribution is -2.42. The molecule has 2 heterocycles. The van der Waals surface area contributed by atoms with Crippen LogP contribution >= 0.6 is 11.3 Å². The van der Waals surface area contributed by atoms with Crippen LogP contribution in [0.1, 0.15) is 48.2 Å². The van der Waals surface area contributed by atoms with Gasteiger partial charge in [-0.25, -0.2) is 0 Å². The zero-order valence-electron chi connectivity index (χ0n) is 12.2. The molecule has 2 aromatic rings. The second-order valence-electron chi connectivity index (χ2n) is 5.71. The molecule has 2 aromatic heterocycles. The Morgan fingerprint density at radius 1 is 1.36 bits per heavy atom. The second kappa shape index (κ2) is 6.53. The molecule has 8 heteroatoms. The summed E-state index contributed by atoms with van der Waals surface area (Å²) in [6.45, 7) is 0.290. The average molecular weight is 321 g/mol. The molecule has 1 aliphatic carbocycles. The van der Waals surface area contributed by atoms with Gasteiger partial charge in [0.15, 0.2) is 0 Å². The van der Waals surface area contributed by atoms with E-state index in [-0.39, 0.29) is 5.91 Å². The molecule has 22 heavy (non-hydrogen) atoms. The average Bonchev–Trinajstić information content (AvgIpc) is 3.15. The summed E-state index contributed by atoms with van der Waals surface area (Å²) in [4.78, 5) is 12.9. The standard InChI is InChI=1S/C14H19N5O2S/c20-13(15-9-14(21)6-3-1-2-4-7-14)12-11(5-8-22-12)19-10-16-17-18-19/h5,8,10,21H,1-4,6-7,9H2,(H,15,20). The summed E-state index contributed by atoms with van der Waals surface area (Å²) < 4.78 is 1.46. The van der Waals surface area contributed by atoms with Crippen LogP contribution in [0.5, 0.6) is 0 Å². The van der Waals surface area contributed by atoms with Gasteiger partial charge in [-0.2, -0.15) is 4.68 Å². The first-order chi connectivity index (χ1) is 10.7. The molecule has 1 fully saturated rings. The Kier molecular flexibility index (Phi) is 4.49. The van der Waals surface area contributed by atoms with E-state index in [1.54, 1.807) is 6.07 Å². The number of carbonyl (C=O) groups is 1. The molecule has 1 amide bonds. The van der Waals surface area contributed by atoms with Crippen LogP contribution in [0.3, 0.4) is 0 Å². The van der Waals surface area contributed by atoms with Crippen LogP contribution in [0.15, 0.2) is 17.8 Å². The predicted molar refractivity (Wildman–Crippen MR) is 82.0 cm³/mol. The van der Waals surface area contributed by atoms with E-state index >= 15 is 0 Å². The molecule has 0 atom stereocenters. The minimum absolute atomic E-state index is 0.196. The van der Waals surface area contributed by atoms with Crippen LogP contribution in [0, 0.1) is 0 Å². The van der Waals surface area contributed by atoms with Crippen molar-refractivity contribution in [2.75, 3.05) is 6.54 Å². The fourth-order valence-electron chi connectivity index (χ4n) is 2.81. The Hall–Kier alpha value is -1.80. The molecule has 0 bridgehead atoms.